The lowest BCUT2D eigenvalue weighted by atomic mass is 10.1. The Balaban J connectivity index is 4.46. The molecule has 0 heterocycles. The molecule has 0 aromatic rings. The van der Waals surface area contributed by atoms with Gasteiger partial charge in [0.1, 0.15) is 5.84 Å². The minimum atomic E-state index is 0.0232. The van der Waals surface area contributed by atoms with E-state index in [0.29, 0.717) is 11.5 Å². The summed E-state index contributed by atoms with van der Waals surface area (Å²) in [6.07, 6.45) is 8.64. The van der Waals surface area contributed by atoms with Crippen LogP contribution in [0.4, 0.5) is 0 Å². The third-order valence-electron chi connectivity index (χ3n) is 1.36. The van der Waals surface area contributed by atoms with Crippen molar-refractivity contribution >= 4 is 5.84 Å². The largest absolute Gasteiger partial charge is 0.405 e. The summed E-state index contributed by atoms with van der Waals surface area (Å²) in [6, 6.07) is 0. The highest BCUT2D eigenvalue weighted by Gasteiger charge is 1.92. The van der Waals surface area contributed by atoms with Crippen LogP contribution < -0.4 is 11.5 Å². The van der Waals surface area contributed by atoms with Gasteiger partial charge < -0.3 is 11.5 Å². The van der Waals surface area contributed by atoms with Crippen molar-refractivity contribution in [2.75, 3.05) is 0 Å². The van der Waals surface area contributed by atoms with Crippen LogP contribution >= 0.6 is 0 Å². The van der Waals surface area contributed by atoms with Gasteiger partial charge in [0.25, 0.3) is 0 Å². The number of nitrogens with two attached hydrogens (primary N) is 2. The average Bonchev–Trinajstić information content (AvgIpc) is 2.02. The van der Waals surface area contributed by atoms with Gasteiger partial charge in [-0.25, -0.2) is 0 Å². The van der Waals surface area contributed by atoms with E-state index in [-0.39, 0.29) is 5.84 Å². The molecule has 72 valence electrons. The first kappa shape index (κ1) is 11.5. The van der Waals surface area contributed by atoms with E-state index >= 15 is 0 Å². The molecule has 13 heavy (non-hydrogen) atoms. The van der Waals surface area contributed by atoms with Crippen molar-refractivity contribution in [1.29, 1.82) is 5.41 Å². The average molecular weight is 179 g/mol. The summed E-state index contributed by atoms with van der Waals surface area (Å²) in [5, 5.41) is 7.21. The van der Waals surface area contributed by atoms with Crippen LogP contribution in [0.5, 0.6) is 0 Å². The van der Waals surface area contributed by atoms with Crippen LogP contribution in [0.1, 0.15) is 13.8 Å². The molecule has 0 fully saturated rings. The molecule has 0 radical (unpaired) electrons. The van der Waals surface area contributed by atoms with Crippen LogP contribution in [0.2, 0.25) is 0 Å². The molecule has 0 unspecified atom stereocenters. The number of hydrogen-bond donors (Lipinski definition) is 3. The van der Waals surface area contributed by atoms with Gasteiger partial charge in [0.15, 0.2) is 0 Å². The third-order valence-corrected chi connectivity index (χ3v) is 1.36. The van der Waals surface area contributed by atoms with Crippen LogP contribution in [0.15, 0.2) is 36.1 Å². The smallest absolute Gasteiger partial charge is 0.122 e. The minimum absolute atomic E-state index is 0.0232. The van der Waals surface area contributed by atoms with Crippen molar-refractivity contribution in [2.45, 2.75) is 13.8 Å². The van der Waals surface area contributed by atoms with Crippen molar-refractivity contribution in [3.05, 3.63) is 36.1 Å². The van der Waals surface area contributed by atoms with Gasteiger partial charge in [-0.05, 0) is 18.2 Å². The molecule has 0 bridgehead atoms. The molecule has 0 aliphatic carbocycles. The zero-order valence-corrected chi connectivity index (χ0v) is 8.12. The molecule has 0 spiro atoms. The summed E-state index contributed by atoms with van der Waals surface area (Å²) in [5.74, 6) is 0.515. The van der Waals surface area contributed by atoms with E-state index in [1.807, 2.05) is 12.2 Å². The third kappa shape index (κ3) is 5.73. The van der Waals surface area contributed by atoms with Gasteiger partial charge in [0.2, 0.25) is 0 Å². The molecule has 5 N–H and O–H groups in total. The molecular weight excluding hydrogens is 162 g/mol. The second-order valence-corrected chi connectivity index (χ2v) is 3.02. The van der Waals surface area contributed by atoms with Crippen LogP contribution in [0.25, 0.3) is 0 Å². The molecule has 0 aromatic carbocycles. The second-order valence-electron chi connectivity index (χ2n) is 3.02. The van der Waals surface area contributed by atoms with E-state index in [4.69, 9.17) is 16.9 Å². The summed E-state index contributed by atoms with van der Waals surface area (Å²) in [6.45, 7) is 4.16. The zero-order chi connectivity index (χ0) is 10.3. The Morgan fingerprint density at radius 3 is 2.38 bits per heavy atom. The lowest BCUT2D eigenvalue weighted by molar-refractivity contribution is 0.832. The Bertz CT molecular complexity index is 247. The van der Waals surface area contributed by atoms with Gasteiger partial charge >= 0.3 is 0 Å². The fourth-order valence-corrected chi connectivity index (χ4v) is 0.720. The van der Waals surface area contributed by atoms with Crippen LogP contribution in [0.3, 0.4) is 0 Å². The van der Waals surface area contributed by atoms with Crippen molar-refractivity contribution < 1.29 is 0 Å². The number of nitrogens with one attached hydrogen (secondary N) is 1. The maximum absolute atomic E-state index is 7.21. The lowest BCUT2D eigenvalue weighted by Gasteiger charge is -1.96. The van der Waals surface area contributed by atoms with Gasteiger partial charge in [0, 0.05) is 5.57 Å². The standard InChI is InChI=1S/C10H17N3/c1-8(2)4-3-5-9(6-7-11)10(12)13/h3-8H,11H2,1-2H3,(H3,12,13)/b4-3-,7-6-,9-5-. The molecule has 0 aromatic heterocycles. The summed E-state index contributed by atoms with van der Waals surface area (Å²) in [5.41, 5.74) is 11.1. The molecule has 0 aliphatic rings. The highest BCUT2D eigenvalue weighted by Crippen LogP contribution is 1.98. The first-order valence-corrected chi connectivity index (χ1v) is 4.19. The Labute approximate surface area is 79.3 Å². The SMILES string of the molecule is CC(C)\C=C/C=C(/C=C\N)C(=N)N. The van der Waals surface area contributed by atoms with Gasteiger partial charge in [0.05, 0.1) is 0 Å². The van der Waals surface area contributed by atoms with Gasteiger partial charge in [-0.1, -0.05) is 32.1 Å². The van der Waals surface area contributed by atoms with Gasteiger partial charge in [-0.15, -0.1) is 0 Å². The summed E-state index contributed by atoms with van der Waals surface area (Å²) >= 11 is 0. The number of rotatable bonds is 4. The Kier molecular flexibility index (Phi) is 5.35. The number of hydrogen-bond acceptors (Lipinski definition) is 2. The van der Waals surface area contributed by atoms with E-state index in [2.05, 4.69) is 13.8 Å². The molecule has 0 atom stereocenters. The first-order valence-electron chi connectivity index (χ1n) is 4.19. The highest BCUT2D eigenvalue weighted by molar-refractivity contribution is 5.97. The molecule has 0 aliphatic heterocycles. The predicted octanol–water partition coefficient (Wildman–Crippen LogP) is 1.53. The minimum Gasteiger partial charge on any atom is -0.405 e. The van der Waals surface area contributed by atoms with E-state index in [1.54, 1.807) is 12.2 Å². The normalized spacial score (nSPS) is 13.3. The van der Waals surface area contributed by atoms with Gasteiger partial charge in [-0.2, -0.15) is 0 Å². The molecular formula is C10H17N3. The molecule has 3 heteroatoms. The molecule has 0 rings (SSSR count). The maximum atomic E-state index is 7.21. The highest BCUT2D eigenvalue weighted by atomic mass is 14.7. The number of amidine groups is 1. The molecule has 3 nitrogen and oxygen atoms in total. The van der Waals surface area contributed by atoms with Crippen molar-refractivity contribution in [1.82, 2.24) is 0 Å². The Morgan fingerprint density at radius 1 is 1.38 bits per heavy atom. The summed E-state index contributed by atoms with van der Waals surface area (Å²) < 4.78 is 0. The molecule has 0 amide bonds. The monoisotopic (exact) mass is 179 g/mol. The van der Waals surface area contributed by atoms with Crippen molar-refractivity contribution in [3.63, 3.8) is 0 Å². The summed E-state index contributed by atoms with van der Waals surface area (Å²) in [4.78, 5) is 0. The van der Waals surface area contributed by atoms with E-state index in [9.17, 15) is 0 Å². The Morgan fingerprint density at radius 2 is 2.00 bits per heavy atom. The van der Waals surface area contributed by atoms with E-state index < -0.39 is 0 Å². The van der Waals surface area contributed by atoms with Crippen LogP contribution in [-0.4, -0.2) is 5.84 Å². The van der Waals surface area contributed by atoms with E-state index in [1.165, 1.54) is 6.20 Å². The maximum Gasteiger partial charge on any atom is 0.122 e. The van der Waals surface area contributed by atoms with Crippen molar-refractivity contribution in [3.8, 4) is 0 Å². The van der Waals surface area contributed by atoms with Crippen molar-refractivity contribution in [2.24, 2.45) is 17.4 Å². The lowest BCUT2D eigenvalue weighted by Crippen LogP contribution is -2.11. The predicted molar refractivity (Wildman–Crippen MR) is 57.3 cm³/mol. The van der Waals surface area contributed by atoms with Gasteiger partial charge in [-0.3, -0.25) is 5.41 Å². The quantitative estimate of drug-likeness (QED) is 0.348. The zero-order valence-electron chi connectivity index (χ0n) is 8.12. The molecule has 0 saturated carbocycles. The Hall–Kier alpha value is -1.51. The fourth-order valence-electron chi connectivity index (χ4n) is 0.720. The van der Waals surface area contributed by atoms with Crippen LogP contribution in [0, 0.1) is 11.3 Å². The van der Waals surface area contributed by atoms with E-state index in [0.717, 1.165) is 0 Å². The van der Waals surface area contributed by atoms with Crippen LogP contribution in [-0.2, 0) is 0 Å². The second kappa shape index (κ2) is 6.06. The number of allylic oxidation sites excluding steroid dienone is 3. The first-order chi connectivity index (χ1) is 6.07. The summed E-state index contributed by atoms with van der Waals surface area (Å²) in [7, 11) is 0. The molecule has 0 saturated heterocycles. The fraction of sp³-hybridized carbons (Fsp3) is 0.300. The topological polar surface area (TPSA) is 75.9 Å².